The second kappa shape index (κ2) is 7.91. The molecule has 21 heavy (non-hydrogen) atoms. The summed E-state index contributed by atoms with van der Waals surface area (Å²) in [4.78, 5) is 5.36. The first-order valence-corrected chi connectivity index (χ1v) is 8.82. The number of likely N-dealkylation sites (N-methyl/N-ethyl adjacent to an activating group) is 1. The quantitative estimate of drug-likeness (QED) is 0.695. The molecule has 0 atom stereocenters. The minimum absolute atomic E-state index is 0.475. The third-order valence-electron chi connectivity index (χ3n) is 4.97. The van der Waals surface area contributed by atoms with Gasteiger partial charge in [0.1, 0.15) is 0 Å². The van der Waals surface area contributed by atoms with Gasteiger partial charge in [0, 0.05) is 51.4 Å². The van der Waals surface area contributed by atoms with E-state index in [4.69, 9.17) is 0 Å². The number of rotatable bonds is 7. The van der Waals surface area contributed by atoms with Crippen LogP contribution in [-0.4, -0.2) is 74.7 Å². The van der Waals surface area contributed by atoms with E-state index >= 15 is 0 Å². The first-order chi connectivity index (χ1) is 9.98. The molecule has 2 heterocycles. The van der Waals surface area contributed by atoms with Gasteiger partial charge >= 0.3 is 0 Å². The molecule has 4 heteroatoms. The van der Waals surface area contributed by atoms with Crippen LogP contribution in [0.25, 0.3) is 0 Å². The highest BCUT2D eigenvalue weighted by atomic mass is 15.3. The largest absolute Gasteiger partial charge is 0.318 e. The van der Waals surface area contributed by atoms with Crippen LogP contribution in [0.5, 0.6) is 0 Å². The number of hydrogen-bond donors (Lipinski definition) is 2. The van der Waals surface area contributed by atoms with Crippen LogP contribution in [0.15, 0.2) is 0 Å². The fourth-order valence-corrected chi connectivity index (χ4v) is 3.32. The molecule has 0 amide bonds. The Morgan fingerprint density at radius 1 is 1.05 bits per heavy atom. The summed E-state index contributed by atoms with van der Waals surface area (Å²) in [6.07, 6.45) is 3.96. The van der Waals surface area contributed by atoms with Crippen LogP contribution in [0.3, 0.4) is 0 Å². The monoisotopic (exact) mass is 296 g/mol. The number of nitrogens with zero attached hydrogens (tertiary/aromatic N) is 2. The van der Waals surface area contributed by atoms with Gasteiger partial charge in [-0.05, 0) is 38.3 Å². The highest BCUT2D eigenvalue weighted by Crippen LogP contribution is 2.24. The van der Waals surface area contributed by atoms with Crippen LogP contribution in [0.1, 0.15) is 40.0 Å². The average molecular weight is 297 g/mol. The van der Waals surface area contributed by atoms with Gasteiger partial charge in [0.15, 0.2) is 0 Å². The Balaban J connectivity index is 1.56. The Bertz CT molecular complexity index is 286. The van der Waals surface area contributed by atoms with E-state index in [2.05, 4.69) is 41.2 Å². The van der Waals surface area contributed by atoms with Crippen molar-refractivity contribution in [2.45, 2.75) is 52.1 Å². The van der Waals surface area contributed by atoms with E-state index in [1.54, 1.807) is 0 Å². The first kappa shape index (κ1) is 17.2. The van der Waals surface area contributed by atoms with E-state index in [0.29, 0.717) is 5.41 Å². The van der Waals surface area contributed by atoms with Crippen molar-refractivity contribution in [1.29, 1.82) is 0 Å². The zero-order chi connectivity index (χ0) is 15.3. The molecule has 0 spiro atoms. The highest BCUT2D eigenvalue weighted by Gasteiger charge is 2.33. The Morgan fingerprint density at radius 2 is 1.71 bits per heavy atom. The minimum Gasteiger partial charge on any atom is -0.318 e. The van der Waals surface area contributed by atoms with Crippen molar-refractivity contribution in [3.63, 3.8) is 0 Å². The number of likely N-dealkylation sites (tertiary alicyclic amines) is 2. The standard InChI is InChI=1S/C17H36N4/c1-17(2,3)7-12-20-13-16(14-20)21-10-5-15(6-11-21)19-9-8-18-4/h15-16,18-19H,5-14H2,1-4H3. The lowest BCUT2D eigenvalue weighted by atomic mass is 9.91. The SMILES string of the molecule is CNCCNC1CCN(C2CN(CCC(C)(C)C)C2)CC1. The third-order valence-corrected chi connectivity index (χ3v) is 4.97. The van der Waals surface area contributed by atoms with Gasteiger partial charge in [-0.25, -0.2) is 0 Å². The van der Waals surface area contributed by atoms with Crippen molar-refractivity contribution in [2.24, 2.45) is 5.41 Å². The maximum atomic E-state index is 3.66. The van der Waals surface area contributed by atoms with Gasteiger partial charge in [0.2, 0.25) is 0 Å². The molecule has 0 radical (unpaired) electrons. The van der Waals surface area contributed by atoms with Crippen LogP contribution < -0.4 is 10.6 Å². The Morgan fingerprint density at radius 3 is 2.29 bits per heavy atom. The Kier molecular flexibility index (Phi) is 6.48. The summed E-state index contributed by atoms with van der Waals surface area (Å²) in [5, 5.41) is 6.87. The van der Waals surface area contributed by atoms with Crippen LogP contribution in [-0.2, 0) is 0 Å². The van der Waals surface area contributed by atoms with Crippen molar-refractivity contribution >= 4 is 0 Å². The van der Waals surface area contributed by atoms with Gasteiger partial charge in [-0.2, -0.15) is 0 Å². The van der Waals surface area contributed by atoms with E-state index in [-0.39, 0.29) is 0 Å². The van der Waals surface area contributed by atoms with Crippen LogP contribution in [0.4, 0.5) is 0 Å². The number of piperidine rings is 1. The lowest BCUT2D eigenvalue weighted by molar-refractivity contribution is 0.0134. The molecule has 2 rings (SSSR count). The zero-order valence-electron chi connectivity index (χ0n) is 14.6. The fourth-order valence-electron chi connectivity index (χ4n) is 3.32. The molecule has 2 aliphatic heterocycles. The zero-order valence-corrected chi connectivity index (χ0v) is 14.6. The Labute approximate surface area is 131 Å². The third kappa shape index (κ3) is 5.85. The molecule has 0 bridgehead atoms. The predicted molar refractivity (Wildman–Crippen MR) is 90.8 cm³/mol. The van der Waals surface area contributed by atoms with E-state index in [9.17, 15) is 0 Å². The van der Waals surface area contributed by atoms with Crippen LogP contribution >= 0.6 is 0 Å². The highest BCUT2D eigenvalue weighted by molar-refractivity contribution is 4.91. The van der Waals surface area contributed by atoms with Crippen molar-refractivity contribution in [3.8, 4) is 0 Å². The summed E-state index contributed by atoms with van der Waals surface area (Å²) in [7, 11) is 2.02. The van der Waals surface area contributed by atoms with Gasteiger partial charge in [0.05, 0.1) is 0 Å². The van der Waals surface area contributed by atoms with Crippen molar-refractivity contribution in [2.75, 3.05) is 52.9 Å². The van der Waals surface area contributed by atoms with E-state index in [1.807, 2.05) is 7.05 Å². The van der Waals surface area contributed by atoms with Gasteiger partial charge in [-0.15, -0.1) is 0 Å². The molecule has 0 aromatic heterocycles. The summed E-state index contributed by atoms with van der Waals surface area (Å²) >= 11 is 0. The average Bonchev–Trinajstić information content (AvgIpc) is 2.37. The molecular weight excluding hydrogens is 260 g/mol. The lowest BCUT2D eigenvalue weighted by Crippen LogP contribution is -2.61. The van der Waals surface area contributed by atoms with E-state index in [0.717, 1.165) is 25.2 Å². The van der Waals surface area contributed by atoms with E-state index in [1.165, 1.54) is 52.0 Å². The molecule has 0 unspecified atom stereocenters. The molecule has 2 fully saturated rings. The van der Waals surface area contributed by atoms with Crippen LogP contribution in [0, 0.1) is 5.41 Å². The minimum atomic E-state index is 0.475. The van der Waals surface area contributed by atoms with Crippen LogP contribution in [0.2, 0.25) is 0 Å². The second-order valence-corrected chi connectivity index (χ2v) is 8.09. The molecule has 2 saturated heterocycles. The number of nitrogens with one attached hydrogen (secondary N) is 2. The summed E-state index contributed by atoms with van der Waals surface area (Å²) < 4.78 is 0. The molecule has 4 nitrogen and oxygen atoms in total. The summed E-state index contributed by atoms with van der Waals surface area (Å²) in [5.41, 5.74) is 0.475. The molecule has 124 valence electrons. The summed E-state index contributed by atoms with van der Waals surface area (Å²) in [5.74, 6) is 0. The Hall–Kier alpha value is -0.160. The van der Waals surface area contributed by atoms with Gasteiger partial charge in [-0.1, -0.05) is 20.8 Å². The molecule has 0 aromatic carbocycles. The van der Waals surface area contributed by atoms with Crippen molar-refractivity contribution in [3.05, 3.63) is 0 Å². The number of hydrogen-bond acceptors (Lipinski definition) is 4. The fraction of sp³-hybridized carbons (Fsp3) is 1.00. The molecule has 0 aromatic rings. The summed E-state index contributed by atoms with van der Waals surface area (Å²) in [6.45, 7) is 15.7. The van der Waals surface area contributed by atoms with Gasteiger partial charge in [0.25, 0.3) is 0 Å². The molecule has 2 aliphatic rings. The molecule has 0 saturated carbocycles. The molecule has 2 N–H and O–H groups in total. The smallest absolute Gasteiger partial charge is 0.0350 e. The topological polar surface area (TPSA) is 30.5 Å². The first-order valence-electron chi connectivity index (χ1n) is 8.82. The van der Waals surface area contributed by atoms with E-state index < -0.39 is 0 Å². The summed E-state index contributed by atoms with van der Waals surface area (Å²) in [6, 6.07) is 1.58. The maximum Gasteiger partial charge on any atom is 0.0350 e. The second-order valence-electron chi connectivity index (χ2n) is 8.09. The normalized spacial score (nSPS) is 23.4. The maximum absolute atomic E-state index is 3.66. The van der Waals surface area contributed by atoms with Gasteiger partial charge in [-0.3, -0.25) is 4.90 Å². The molecular formula is C17H36N4. The predicted octanol–water partition coefficient (Wildman–Crippen LogP) is 1.38. The van der Waals surface area contributed by atoms with Crippen molar-refractivity contribution < 1.29 is 0 Å². The van der Waals surface area contributed by atoms with Crippen molar-refractivity contribution in [1.82, 2.24) is 20.4 Å². The lowest BCUT2D eigenvalue weighted by Gasteiger charge is -2.48. The molecule has 0 aliphatic carbocycles. The van der Waals surface area contributed by atoms with Gasteiger partial charge < -0.3 is 15.5 Å².